The van der Waals surface area contributed by atoms with Crippen molar-refractivity contribution in [3.05, 3.63) is 0 Å². The summed E-state index contributed by atoms with van der Waals surface area (Å²) in [5.41, 5.74) is 0. The third-order valence-corrected chi connectivity index (χ3v) is 5.13. The van der Waals surface area contributed by atoms with Gasteiger partial charge in [-0.1, -0.05) is 0 Å². The number of aliphatic imine (C=N–C) groups is 1. The van der Waals surface area contributed by atoms with E-state index in [9.17, 15) is 4.79 Å². The number of nitrogens with one attached hydrogen (secondary N) is 2. The fraction of sp³-hybridized carbons (Fsp3) is 0.905. The number of carbonyl (C=O) groups excluding carboxylic acids is 1. The van der Waals surface area contributed by atoms with E-state index in [1.54, 1.807) is 19.0 Å². The first-order valence-electron chi connectivity index (χ1n) is 11.1. The van der Waals surface area contributed by atoms with Crippen LogP contribution in [0.5, 0.6) is 0 Å². The first-order chi connectivity index (χ1) is 13.8. The molecule has 1 heterocycles. The lowest BCUT2D eigenvalue weighted by molar-refractivity contribution is -0.127. The molecule has 1 rings (SSSR count). The van der Waals surface area contributed by atoms with Gasteiger partial charge in [0.05, 0.1) is 13.2 Å². The van der Waals surface area contributed by atoms with Gasteiger partial charge in [0, 0.05) is 58.9 Å². The third-order valence-electron chi connectivity index (χ3n) is 5.13. The number of hydrogen-bond donors (Lipinski definition) is 2. The molecule has 8 heteroatoms. The van der Waals surface area contributed by atoms with Crippen LogP contribution in [0.25, 0.3) is 0 Å². The van der Waals surface area contributed by atoms with Gasteiger partial charge in [-0.05, 0) is 47.1 Å². The van der Waals surface area contributed by atoms with Crippen LogP contribution in [0.4, 0.5) is 0 Å². The maximum absolute atomic E-state index is 11.9. The van der Waals surface area contributed by atoms with Crippen LogP contribution < -0.4 is 10.6 Å². The highest BCUT2D eigenvalue weighted by Gasteiger charge is 2.13. The zero-order chi connectivity index (χ0) is 21.6. The van der Waals surface area contributed by atoms with Crippen molar-refractivity contribution in [3.63, 3.8) is 0 Å². The molecule has 0 aromatic rings. The standard InChI is InChI=1S/C21H44N6O2/c1-18(2)27(19(3)4)12-8-10-23-21(24-17-20(28)25(5)6)22-9-7-11-26-13-15-29-16-14-26/h18-19H,7-17H2,1-6H3,(H2,22,23,24). The van der Waals surface area contributed by atoms with Crippen molar-refractivity contribution >= 4 is 11.9 Å². The van der Waals surface area contributed by atoms with Crippen LogP contribution in [-0.2, 0) is 9.53 Å². The van der Waals surface area contributed by atoms with Crippen LogP contribution in [0.3, 0.4) is 0 Å². The third kappa shape index (κ3) is 11.4. The molecular weight excluding hydrogens is 368 g/mol. The number of guanidine groups is 1. The highest BCUT2D eigenvalue weighted by Crippen LogP contribution is 2.05. The summed E-state index contributed by atoms with van der Waals surface area (Å²) >= 11 is 0. The Morgan fingerprint density at radius 2 is 1.62 bits per heavy atom. The monoisotopic (exact) mass is 412 g/mol. The second kappa shape index (κ2) is 14.6. The summed E-state index contributed by atoms with van der Waals surface area (Å²) in [5.74, 6) is 0.730. The van der Waals surface area contributed by atoms with Gasteiger partial charge in [-0.15, -0.1) is 0 Å². The number of hydrogen-bond acceptors (Lipinski definition) is 5. The van der Waals surface area contributed by atoms with E-state index in [-0.39, 0.29) is 12.5 Å². The van der Waals surface area contributed by atoms with E-state index >= 15 is 0 Å². The average molecular weight is 413 g/mol. The molecule has 170 valence electrons. The largest absolute Gasteiger partial charge is 0.379 e. The van der Waals surface area contributed by atoms with E-state index < -0.39 is 0 Å². The van der Waals surface area contributed by atoms with E-state index in [0.29, 0.717) is 12.1 Å². The summed E-state index contributed by atoms with van der Waals surface area (Å²) in [6.45, 7) is 16.6. The van der Waals surface area contributed by atoms with Crippen molar-refractivity contribution in [2.24, 2.45) is 4.99 Å². The Kier molecular flexibility index (Phi) is 12.9. The number of rotatable bonds is 12. The second-order valence-corrected chi connectivity index (χ2v) is 8.39. The molecule has 0 aliphatic carbocycles. The van der Waals surface area contributed by atoms with E-state index in [0.717, 1.165) is 71.3 Å². The Morgan fingerprint density at radius 3 is 2.17 bits per heavy atom. The molecule has 1 amide bonds. The maximum Gasteiger partial charge on any atom is 0.243 e. The Morgan fingerprint density at radius 1 is 1.03 bits per heavy atom. The molecule has 0 saturated carbocycles. The lowest BCUT2D eigenvalue weighted by Gasteiger charge is -2.30. The lowest BCUT2D eigenvalue weighted by Crippen LogP contribution is -2.43. The summed E-state index contributed by atoms with van der Waals surface area (Å²) in [7, 11) is 3.51. The van der Waals surface area contributed by atoms with Gasteiger partial charge in [0.15, 0.2) is 5.96 Å². The predicted molar refractivity (Wildman–Crippen MR) is 120 cm³/mol. The molecule has 0 aromatic carbocycles. The molecule has 0 unspecified atom stereocenters. The molecule has 2 N–H and O–H groups in total. The zero-order valence-corrected chi connectivity index (χ0v) is 19.5. The number of likely N-dealkylation sites (N-methyl/N-ethyl adjacent to an activating group) is 1. The van der Waals surface area contributed by atoms with Gasteiger partial charge in [-0.3, -0.25) is 14.6 Å². The summed E-state index contributed by atoms with van der Waals surface area (Å²) in [5, 5.41) is 6.78. The molecule has 29 heavy (non-hydrogen) atoms. The number of nitrogens with zero attached hydrogens (tertiary/aromatic N) is 4. The molecule has 0 bridgehead atoms. The first-order valence-corrected chi connectivity index (χ1v) is 11.1. The minimum absolute atomic E-state index is 0.00482. The number of morpholine rings is 1. The molecule has 0 radical (unpaired) electrons. The number of ether oxygens (including phenoxy) is 1. The molecular formula is C21H44N6O2. The fourth-order valence-corrected chi connectivity index (χ4v) is 3.38. The van der Waals surface area contributed by atoms with Gasteiger partial charge in [-0.25, -0.2) is 4.99 Å². The number of amides is 1. The summed E-state index contributed by atoms with van der Waals surface area (Å²) in [6.07, 6.45) is 2.07. The molecule has 1 fully saturated rings. The topological polar surface area (TPSA) is 72.4 Å². The molecule has 1 aliphatic heterocycles. The average Bonchev–Trinajstić information content (AvgIpc) is 2.68. The predicted octanol–water partition coefficient (Wildman–Crippen LogP) is 0.841. The van der Waals surface area contributed by atoms with Gasteiger partial charge < -0.3 is 20.3 Å². The van der Waals surface area contributed by atoms with Crippen LogP contribution in [0.15, 0.2) is 4.99 Å². The fourth-order valence-electron chi connectivity index (χ4n) is 3.38. The van der Waals surface area contributed by atoms with Crippen molar-refractivity contribution in [1.82, 2.24) is 25.3 Å². The smallest absolute Gasteiger partial charge is 0.243 e. The second-order valence-electron chi connectivity index (χ2n) is 8.39. The molecule has 1 aliphatic rings. The van der Waals surface area contributed by atoms with Crippen molar-refractivity contribution < 1.29 is 9.53 Å². The van der Waals surface area contributed by atoms with Gasteiger partial charge in [0.1, 0.15) is 6.54 Å². The van der Waals surface area contributed by atoms with E-state index in [2.05, 4.69) is 53.1 Å². The Balaban J connectivity index is 2.41. The minimum Gasteiger partial charge on any atom is -0.379 e. The lowest BCUT2D eigenvalue weighted by atomic mass is 10.2. The van der Waals surface area contributed by atoms with Gasteiger partial charge in [-0.2, -0.15) is 0 Å². The quantitative estimate of drug-likeness (QED) is 0.281. The maximum atomic E-state index is 11.9. The van der Waals surface area contributed by atoms with E-state index in [1.807, 2.05) is 0 Å². The van der Waals surface area contributed by atoms with Gasteiger partial charge >= 0.3 is 0 Å². The minimum atomic E-state index is 0.00482. The van der Waals surface area contributed by atoms with Crippen LogP contribution in [0.1, 0.15) is 40.5 Å². The molecule has 1 saturated heterocycles. The van der Waals surface area contributed by atoms with Crippen LogP contribution >= 0.6 is 0 Å². The summed E-state index contributed by atoms with van der Waals surface area (Å²) < 4.78 is 5.39. The molecule has 0 spiro atoms. The zero-order valence-electron chi connectivity index (χ0n) is 19.5. The van der Waals surface area contributed by atoms with Gasteiger partial charge in [0.2, 0.25) is 5.91 Å². The van der Waals surface area contributed by atoms with Gasteiger partial charge in [0.25, 0.3) is 0 Å². The molecule has 8 nitrogen and oxygen atoms in total. The number of carbonyl (C=O) groups is 1. The van der Waals surface area contributed by atoms with Crippen LogP contribution in [0, 0.1) is 0 Å². The van der Waals surface area contributed by atoms with Crippen molar-refractivity contribution in [2.75, 3.05) is 73.1 Å². The molecule has 0 atom stereocenters. The van der Waals surface area contributed by atoms with Crippen LogP contribution in [-0.4, -0.2) is 112 Å². The van der Waals surface area contributed by atoms with Crippen molar-refractivity contribution in [2.45, 2.75) is 52.6 Å². The molecule has 0 aromatic heterocycles. The highest BCUT2D eigenvalue weighted by atomic mass is 16.5. The van der Waals surface area contributed by atoms with Crippen molar-refractivity contribution in [1.29, 1.82) is 0 Å². The Hall–Kier alpha value is -1.38. The Bertz CT molecular complexity index is 468. The Labute approximate surface area is 178 Å². The highest BCUT2D eigenvalue weighted by molar-refractivity contribution is 5.84. The normalized spacial score (nSPS) is 16.0. The van der Waals surface area contributed by atoms with Crippen molar-refractivity contribution in [3.8, 4) is 0 Å². The van der Waals surface area contributed by atoms with Crippen LogP contribution in [0.2, 0.25) is 0 Å². The SMILES string of the molecule is CC(C)N(CCCNC(=NCC(=O)N(C)C)NCCCN1CCOCC1)C(C)C. The first kappa shape index (κ1) is 25.7. The van der Waals surface area contributed by atoms with E-state index in [1.165, 1.54) is 0 Å². The summed E-state index contributed by atoms with van der Waals surface area (Å²) in [6, 6.07) is 1.08. The summed E-state index contributed by atoms with van der Waals surface area (Å²) in [4.78, 5) is 22.9. The van der Waals surface area contributed by atoms with E-state index in [4.69, 9.17) is 4.74 Å².